The van der Waals surface area contributed by atoms with E-state index in [1.165, 1.54) is 12.1 Å². The molecule has 3 aromatic rings. The van der Waals surface area contributed by atoms with Crippen molar-refractivity contribution in [1.29, 1.82) is 0 Å². The van der Waals surface area contributed by atoms with Crippen LogP contribution in [0.5, 0.6) is 11.5 Å². The maximum atomic E-state index is 13.3. The van der Waals surface area contributed by atoms with E-state index < -0.39 is 0 Å². The van der Waals surface area contributed by atoms with Gasteiger partial charge >= 0.3 is 0 Å². The van der Waals surface area contributed by atoms with Gasteiger partial charge in [-0.2, -0.15) is 0 Å². The number of benzene rings is 2. The highest BCUT2D eigenvalue weighted by atomic mass is 79.9. The number of rotatable bonds is 3. The predicted octanol–water partition coefficient (Wildman–Crippen LogP) is 5.71. The molecule has 21 heavy (non-hydrogen) atoms. The number of nitrogens with zero attached hydrogens (tertiary/aromatic N) is 1. The van der Waals surface area contributed by atoms with Crippen molar-refractivity contribution in [3.05, 3.63) is 65.1 Å². The zero-order valence-corrected chi connectivity index (χ0v) is 13.2. The second kappa shape index (κ2) is 6.00. The highest BCUT2D eigenvalue weighted by Gasteiger charge is 2.10. The third-order valence-corrected chi connectivity index (χ3v) is 4.00. The summed E-state index contributed by atoms with van der Waals surface area (Å²) in [4.78, 5) is 4.32. The van der Waals surface area contributed by atoms with Crippen LogP contribution in [-0.2, 0) is 5.33 Å². The highest BCUT2D eigenvalue weighted by molar-refractivity contribution is 9.08. The Morgan fingerprint density at radius 3 is 2.76 bits per heavy atom. The second-order valence-electron chi connectivity index (χ2n) is 4.43. The second-order valence-corrected chi connectivity index (χ2v) is 5.40. The molecule has 0 fully saturated rings. The third kappa shape index (κ3) is 2.87. The van der Waals surface area contributed by atoms with Crippen LogP contribution in [0, 0.1) is 5.82 Å². The molecule has 0 saturated heterocycles. The minimum Gasteiger partial charge on any atom is -0.455 e. The molecule has 0 radical (unpaired) electrons. The quantitative estimate of drug-likeness (QED) is 0.554. The van der Waals surface area contributed by atoms with Gasteiger partial charge in [0.05, 0.1) is 5.02 Å². The molecule has 0 atom stereocenters. The molecule has 0 amide bonds. The molecule has 0 aliphatic heterocycles. The van der Waals surface area contributed by atoms with Crippen molar-refractivity contribution in [2.24, 2.45) is 0 Å². The van der Waals surface area contributed by atoms with Gasteiger partial charge in [0, 0.05) is 22.5 Å². The van der Waals surface area contributed by atoms with Crippen molar-refractivity contribution < 1.29 is 9.13 Å². The van der Waals surface area contributed by atoms with Crippen LogP contribution in [0.3, 0.4) is 0 Å². The molecule has 0 N–H and O–H groups in total. The summed E-state index contributed by atoms with van der Waals surface area (Å²) in [6.07, 6.45) is 1.68. The summed E-state index contributed by atoms with van der Waals surface area (Å²) in [6.45, 7) is 0. The molecule has 0 bridgehead atoms. The van der Waals surface area contributed by atoms with Crippen molar-refractivity contribution in [3.63, 3.8) is 0 Å². The average Bonchev–Trinajstić information content (AvgIpc) is 2.52. The number of pyridine rings is 1. The van der Waals surface area contributed by atoms with Crippen LogP contribution in [0.1, 0.15) is 5.56 Å². The topological polar surface area (TPSA) is 22.1 Å². The maximum Gasteiger partial charge on any atom is 0.153 e. The lowest BCUT2D eigenvalue weighted by atomic mass is 10.2. The molecule has 3 rings (SSSR count). The summed E-state index contributed by atoms with van der Waals surface area (Å²) in [6, 6.07) is 11.6. The van der Waals surface area contributed by atoms with Gasteiger partial charge in [-0.25, -0.2) is 4.39 Å². The SMILES string of the molecule is Fc1ccc(Oc2ccc(Cl)c3cccnc23)c(CBr)c1. The number of hydrogen-bond donors (Lipinski definition) is 0. The van der Waals surface area contributed by atoms with E-state index in [4.69, 9.17) is 16.3 Å². The zero-order valence-electron chi connectivity index (χ0n) is 10.8. The molecular formula is C16H10BrClFNO. The van der Waals surface area contributed by atoms with Gasteiger partial charge < -0.3 is 4.74 Å². The average molecular weight is 367 g/mol. The Morgan fingerprint density at radius 1 is 1.14 bits per heavy atom. The fourth-order valence-corrected chi connectivity index (χ4v) is 2.72. The molecule has 0 saturated carbocycles. The Kier molecular flexibility index (Phi) is 4.08. The minimum absolute atomic E-state index is 0.295. The molecule has 0 spiro atoms. The lowest BCUT2D eigenvalue weighted by Crippen LogP contribution is -1.93. The Morgan fingerprint density at radius 2 is 1.95 bits per heavy atom. The van der Waals surface area contributed by atoms with Crippen LogP contribution in [-0.4, -0.2) is 4.98 Å². The molecule has 106 valence electrons. The Balaban J connectivity index is 2.09. The van der Waals surface area contributed by atoms with E-state index in [0.29, 0.717) is 27.4 Å². The Bertz CT molecular complexity index is 809. The first-order valence-electron chi connectivity index (χ1n) is 6.24. The number of fused-ring (bicyclic) bond motifs is 1. The normalized spacial score (nSPS) is 10.8. The third-order valence-electron chi connectivity index (χ3n) is 3.07. The van der Waals surface area contributed by atoms with Crippen LogP contribution in [0.4, 0.5) is 4.39 Å². The van der Waals surface area contributed by atoms with Crippen LogP contribution in [0.25, 0.3) is 10.9 Å². The van der Waals surface area contributed by atoms with E-state index >= 15 is 0 Å². The summed E-state index contributed by atoms with van der Waals surface area (Å²) in [7, 11) is 0. The molecule has 0 aliphatic carbocycles. The fourth-order valence-electron chi connectivity index (χ4n) is 2.06. The van der Waals surface area contributed by atoms with Crippen molar-refractivity contribution in [1.82, 2.24) is 4.98 Å². The molecule has 1 heterocycles. The van der Waals surface area contributed by atoms with Crippen LogP contribution >= 0.6 is 27.5 Å². The van der Waals surface area contributed by atoms with E-state index in [2.05, 4.69) is 20.9 Å². The van der Waals surface area contributed by atoms with Crippen molar-refractivity contribution in [2.45, 2.75) is 5.33 Å². The van der Waals surface area contributed by atoms with Crippen molar-refractivity contribution in [2.75, 3.05) is 0 Å². The molecule has 0 unspecified atom stereocenters. The summed E-state index contributed by atoms with van der Waals surface area (Å²) >= 11 is 9.49. The summed E-state index contributed by atoms with van der Waals surface area (Å²) in [5.74, 6) is 0.877. The number of aromatic nitrogens is 1. The molecule has 2 aromatic carbocycles. The standard InChI is InChI=1S/C16H10BrClFNO/c17-9-10-8-11(19)3-5-14(10)21-15-6-4-13(18)12-2-1-7-20-16(12)15/h1-8H,9H2. The van der Waals surface area contributed by atoms with Gasteiger partial charge in [0.15, 0.2) is 5.75 Å². The fraction of sp³-hybridized carbons (Fsp3) is 0.0625. The van der Waals surface area contributed by atoms with Crippen LogP contribution in [0.2, 0.25) is 5.02 Å². The first kappa shape index (κ1) is 14.3. The number of alkyl halides is 1. The van der Waals surface area contributed by atoms with Crippen LogP contribution in [0.15, 0.2) is 48.7 Å². The summed E-state index contributed by atoms with van der Waals surface area (Å²) < 4.78 is 19.2. The molecule has 2 nitrogen and oxygen atoms in total. The summed E-state index contributed by atoms with van der Waals surface area (Å²) in [5.41, 5.74) is 1.41. The molecule has 1 aromatic heterocycles. The smallest absolute Gasteiger partial charge is 0.153 e. The Hall–Kier alpha value is -1.65. The van der Waals surface area contributed by atoms with Gasteiger partial charge in [-0.05, 0) is 42.5 Å². The molecule has 5 heteroatoms. The number of ether oxygens (including phenoxy) is 1. The number of halogens is 3. The lowest BCUT2D eigenvalue weighted by molar-refractivity contribution is 0.480. The van der Waals surface area contributed by atoms with Gasteiger partial charge in [-0.15, -0.1) is 0 Å². The Labute approximate surface area is 134 Å². The van der Waals surface area contributed by atoms with Crippen molar-refractivity contribution in [3.8, 4) is 11.5 Å². The van der Waals surface area contributed by atoms with E-state index in [0.717, 1.165) is 10.9 Å². The minimum atomic E-state index is -0.295. The maximum absolute atomic E-state index is 13.3. The van der Waals surface area contributed by atoms with Gasteiger partial charge in [-0.1, -0.05) is 27.5 Å². The highest BCUT2D eigenvalue weighted by Crippen LogP contribution is 2.34. The predicted molar refractivity (Wildman–Crippen MR) is 85.9 cm³/mol. The van der Waals surface area contributed by atoms with E-state index in [1.54, 1.807) is 24.4 Å². The van der Waals surface area contributed by atoms with E-state index in [-0.39, 0.29) is 5.82 Å². The lowest BCUT2D eigenvalue weighted by Gasteiger charge is -2.12. The molecular weight excluding hydrogens is 357 g/mol. The van der Waals surface area contributed by atoms with E-state index in [9.17, 15) is 4.39 Å². The first-order chi connectivity index (χ1) is 10.2. The zero-order chi connectivity index (χ0) is 14.8. The van der Waals surface area contributed by atoms with Crippen LogP contribution < -0.4 is 4.74 Å². The molecule has 0 aliphatic rings. The van der Waals surface area contributed by atoms with Crippen molar-refractivity contribution >= 4 is 38.4 Å². The van der Waals surface area contributed by atoms with Gasteiger partial charge in [0.2, 0.25) is 0 Å². The monoisotopic (exact) mass is 365 g/mol. The largest absolute Gasteiger partial charge is 0.455 e. The summed E-state index contributed by atoms with van der Waals surface area (Å²) in [5, 5.41) is 1.93. The van der Waals surface area contributed by atoms with Gasteiger partial charge in [0.1, 0.15) is 17.1 Å². The van der Waals surface area contributed by atoms with Gasteiger partial charge in [-0.3, -0.25) is 4.98 Å². The van der Waals surface area contributed by atoms with Gasteiger partial charge in [0.25, 0.3) is 0 Å². The first-order valence-corrected chi connectivity index (χ1v) is 7.74. The number of hydrogen-bond acceptors (Lipinski definition) is 2. The van der Waals surface area contributed by atoms with E-state index in [1.807, 2.05) is 12.1 Å².